The van der Waals surface area contributed by atoms with Crippen LogP contribution in [-0.4, -0.2) is 40.6 Å². The highest BCUT2D eigenvalue weighted by Crippen LogP contribution is 2.36. The second kappa shape index (κ2) is 7.84. The van der Waals surface area contributed by atoms with Crippen molar-refractivity contribution in [2.24, 2.45) is 0 Å². The Kier molecular flexibility index (Phi) is 5.24. The van der Waals surface area contributed by atoms with Crippen molar-refractivity contribution >= 4 is 16.8 Å². The number of pyridine rings is 1. The third kappa shape index (κ3) is 3.70. The summed E-state index contributed by atoms with van der Waals surface area (Å²) >= 11 is 0. The zero-order valence-corrected chi connectivity index (χ0v) is 16.9. The Morgan fingerprint density at radius 1 is 1.17 bits per heavy atom. The van der Waals surface area contributed by atoms with E-state index < -0.39 is 5.41 Å². The average Bonchev–Trinajstić information content (AvgIpc) is 2.74. The maximum absolute atomic E-state index is 12.5. The summed E-state index contributed by atoms with van der Waals surface area (Å²) in [5.74, 6) is 0.901. The number of aromatic nitrogens is 1. The minimum Gasteiger partial charge on any atom is -0.489 e. The lowest BCUT2D eigenvalue weighted by Gasteiger charge is -2.47. The van der Waals surface area contributed by atoms with Gasteiger partial charge in [0.15, 0.2) is 0 Å². The molecule has 0 spiro atoms. The zero-order chi connectivity index (χ0) is 20.4. The van der Waals surface area contributed by atoms with Crippen LogP contribution in [0, 0.1) is 6.92 Å². The van der Waals surface area contributed by atoms with E-state index in [9.17, 15) is 4.79 Å². The molecule has 1 amide bonds. The number of ether oxygens (including phenoxy) is 1. The first-order valence-electron chi connectivity index (χ1n) is 10.00. The predicted molar refractivity (Wildman–Crippen MR) is 113 cm³/mol. The molecule has 1 saturated heterocycles. The molecule has 1 aromatic heterocycles. The number of fused-ring (bicyclic) bond motifs is 1. The van der Waals surface area contributed by atoms with Crippen molar-refractivity contribution in [1.29, 1.82) is 0 Å². The topological polar surface area (TPSA) is 62.7 Å². The highest BCUT2D eigenvalue weighted by Gasteiger charge is 2.48. The van der Waals surface area contributed by atoms with Gasteiger partial charge in [-0.1, -0.05) is 30.3 Å². The molecule has 0 radical (unpaired) electrons. The van der Waals surface area contributed by atoms with Gasteiger partial charge in [-0.3, -0.25) is 9.78 Å². The molecule has 0 saturated carbocycles. The van der Waals surface area contributed by atoms with Crippen LogP contribution in [0.5, 0.6) is 5.75 Å². The normalized spacial score (nSPS) is 18.7. The molecule has 1 fully saturated rings. The second-order valence-electron chi connectivity index (χ2n) is 7.89. The predicted octanol–water partition coefficient (Wildman–Crippen LogP) is 3.60. The van der Waals surface area contributed by atoms with E-state index in [0.29, 0.717) is 26.1 Å². The first kappa shape index (κ1) is 19.4. The number of carbonyl (C=O) groups excluding carboxylic acids is 1. The molecule has 5 heteroatoms. The fourth-order valence-corrected chi connectivity index (χ4v) is 4.03. The Balaban J connectivity index is 1.44. The first-order chi connectivity index (χ1) is 14.0. The molecule has 1 N–H and O–H groups in total. The van der Waals surface area contributed by atoms with E-state index in [1.165, 1.54) is 0 Å². The minimum atomic E-state index is -0.480. The number of aliphatic hydroxyl groups is 1. The summed E-state index contributed by atoms with van der Waals surface area (Å²) in [4.78, 5) is 18.9. The molecule has 5 nitrogen and oxygen atoms in total. The monoisotopic (exact) mass is 390 g/mol. The number of hydrogen-bond donors (Lipinski definition) is 1. The van der Waals surface area contributed by atoms with E-state index >= 15 is 0 Å². The number of aliphatic hydroxyl groups excluding tert-OH is 1. The molecule has 2 aromatic carbocycles. The Hall–Kier alpha value is -2.92. The smallest absolute Gasteiger partial charge is 0.234 e. The molecule has 150 valence electrons. The van der Waals surface area contributed by atoms with E-state index in [4.69, 9.17) is 9.84 Å². The summed E-state index contributed by atoms with van der Waals surface area (Å²) in [6.07, 6.45) is 0.623. The number of β-lactam (4-membered cyclic amide) rings is 1. The average molecular weight is 390 g/mol. The lowest BCUT2D eigenvalue weighted by Crippen LogP contribution is -2.62. The largest absolute Gasteiger partial charge is 0.489 e. The molecule has 0 aliphatic carbocycles. The van der Waals surface area contributed by atoms with Gasteiger partial charge in [0.1, 0.15) is 12.4 Å². The molecule has 2 heterocycles. The molecular formula is C24H26N2O3. The van der Waals surface area contributed by atoms with Crippen LogP contribution in [0.25, 0.3) is 10.9 Å². The van der Waals surface area contributed by atoms with Gasteiger partial charge in [-0.15, -0.1) is 0 Å². The minimum absolute atomic E-state index is 0.110. The highest BCUT2D eigenvalue weighted by molar-refractivity contribution is 5.94. The number of benzene rings is 2. The van der Waals surface area contributed by atoms with Crippen molar-refractivity contribution in [3.05, 3.63) is 71.4 Å². The highest BCUT2D eigenvalue weighted by atomic mass is 16.5. The van der Waals surface area contributed by atoms with Crippen LogP contribution in [-0.2, 0) is 16.8 Å². The van der Waals surface area contributed by atoms with Crippen molar-refractivity contribution in [2.75, 3.05) is 19.7 Å². The van der Waals surface area contributed by atoms with E-state index in [-0.39, 0.29) is 12.5 Å². The van der Waals surface area contributed by atoms with E-state index in [1.54, 1.807) is 4.90 Å². The van der Waals surface area contributed by atoms with Gasteiger partial charge in [0.2, 0.25) is 5.91 Å². The number of amides is 1. The molecule has 1 unspecified atom stereocenters. The SMILES string of the molecule is Cc1cc(COc2ccc(C3(C)CN(CCCO)C3=O)cc2)c2ccccc2n1. The lowest BCUT2D eigenvalue weighted by atomic mass is 9.74. The Bertz CT molecular complexity index is 1030. The van der Waals surface area contributed by atoms with Crippen LogP contribution in [0.3, 0.4) is 0 Å². The van der Waals surface area contributed by atoms with Crippen LogP contribution in [0.2, 0.25) is 0 Å². The van der Waals surface area contributed by atoms with Gasteiger partial charge in [0.25, 0.3) is 0 Å². The lowest BCUT2D eigenvalue weighted by molar-refractivity contribution is -0.150. The number of hydrogen-bond acceptors (Lipinski definition) is 4. The molecule has 1 atom stereocenters. The van der Waals surface area contributed by atoms with Crippen LogP contribution < -0.4 is 4.74 Å². The number of aryl methyl sites for hydroxylation is 1. The summed E-state index contributed by atoms with van der Waals surface area (Å²) in [6.45, 7) is 5.85. The molecule has 4 rings (SSSR count). The Morgan fingerprint density at radius 2 is 1.93 bits per heavy atom. The van der Waals surface area contributed by atoms with E-state index in [1.807, 2.05) is 56.3 Å². The third-order valence-corrected chi connectivity index (χ3v) is 5.67. The number of para-hydroxylation sites is 1. The summed E-state index contributed by atoms with van der Waals surface area (Å²) in [5, 5.41) is 10.1. The molecule has 0 bridgehead atoms. The summed E-state index contributed by atoms with van der Waals surface area (Å²) in [5.41, 5.74) is 3.58. The number of likely N-dealkylation sites (tertiary alicyclic amines) is 1. The molecule has 1 aliphatic heterocycles. The first-order valence-corrected chi connectivity index (χ1v) is 10.00. The van der Waals surface area contributed by atoms with Gasteiger partial charge in [-0.05, 0) is 50.1 Å². The van der Waals surface area contributed by atoms with Gasteiger partial charge >= 0.3 is 0 Å². The Labute approximate surface area is 170 Å². The van der Waals surface area contributed by atoms with Crippen LogP contribution in [0.15, 0.2) is 54.6 Å². The van der Waals surface area contributed by atoms with E-state index in [0.717, 1.165) is 33.5 Å². The van der Waals surface area contributed by atoms with Gasteiger partial charge in [-0.2, -0.15) is 0 Å². The summed E-state index contributed by atoms with van der Waals surface area (Å²) in [6, 6.07) is 18.0. The van der Waals surface area contributed by atoms with Gasteiger partial charge in [0.05, 0.1) is 10.9 Å². The molecule has 3 aromatic rings. The van der Waals surface area contributed by atoms with Crippen LogP contribution in [0.1, 0.15) is 30.2 Å². The fraction of sp³-hybridized carbons (Fsp3) is 0.333. The van der Waals surface area contributed by atoms with Gasteiger partial charge in [-0.25, -0.2) is 0 Å². The quantitative estimate of drug-likeness (QED) is 0.626. The zero-order valence-electron chi connectivity index (χ0n) is 16.9. The number of rotatable bonds is 7. The Morgan fingerprint density at radius 3 is 2.66 bits per heavy atom. The van der Waals surface area contributed by atoms with Crippen molar-refractivity contribution in [2.45, 2.75) is 32.3 Å². The van der Waals surface area contributed by atoms with Crippen LogP contribution in [0.4, 0.5) is 0 Å². The second-order valence-corrected chi connectivity index (χ2v) is 7.89. The maximum atomic E-state index is 12.5. The van der Waals surface area contributed by atoms with E-state index in [2.05, 4.69) is 17.1 Å². The van der Waals surface area contributed by atoms with Gasteiger partial charge in [0, 0.05) is 36.3 Å². The maximum Gasteiger partial charge on any atom is 0.234 e. The van der Waals surface area contributed by atoms with Crippen LogP contribution >= 0.6 is 0 Å². The number of nitrogens with zero attached hydrogens (tertiary/aromatic N) is 2. The van der Waals surface area contributed by atoms with Crippen molar-refractivity contribution < 1.29 is 14.6 Å². The fourth-order valence-electron chi connectivity index (χ4n) is 4.03. The third-order valence-electron chi connectivity index (χ3n) is 5.67. The standard InChI is InChI=1S/C24H26N2O3/c1-17-14-18(21-6-3-4-7-22(21)25-17)15-29-20-10-8-19(9-11-20)24(2)16-26(23(24)28)12-5-13-27/h3-4,6-11,14,27H,5,12-13,15-16H2,1-2H3. The summed E-state index contributed by atoms with van der Waals surface area (Å²) < 4.78 is 6.02. The van der Waals surface area contributed by atoms with Crippen molar-refractivity contribution in [3.8, 4) is 5.75 Å². The molecular weight excluding hydrogens is 364 g/mol. The summed E-state index contributed by atoms with van der Waals surface area (Å²) in [7, 11) is 0. The molecule has 29 heavy (non-hydrogen) atoms. The van der Waals surface area contributed by atoms with Crippen molar-refractivity contribution in [3.63, 3.8) is 0 Å². The molecule has 1 aliphatic rings. The van der Waals surface area contributed by atoms with Gasteiger partial charge < -0.3 is 14.7 Å². The number of carbonyl (C=O) groups is 1. The van der Waals surface area contributed by atoms with Crippen molar-refractivity contribution in [1.82, 2.24) is 9.88 Å².